The van der Waals surface area contributed by atoms with E-state index in [0.717, 1.165) is 11.4 Å². The second-order valence-corrected chi connectivity index (χ2v) is 5.39. The highest BCUT2D eigenvalue weighted by atomic mass is 16.1. The smallest absolute Gasteiger partial charge is 0.274 e. The van der Waals surface area contributed by atoms with Gasteiger partial charge >= 0.3 is 0 Å². The van der Waals surface area contributed by atoms with Crippen LogP contribution in [-0.4, -0.2) is 20.9 Å². The van der Waals surface area contributed by atoms with Gasteiger partial charge in [-0.1, -0.05) is 0 Å². The summed E-state index contributed by atoms with van der Waals surface area (Å²) >= 11 is 0. The lowest BCUT2D eigenvalue weighted by Crippen LogP contribution is -2.13. The third-order valence-electron chi connectivity index (χ3n) is 3.31. The molecule has 0 aliphatic rings. The normalized spacial score (nSPS) is 10.3. The molecule has 2 heterocycles. The Bertz CT molecular complexity index is 872. The molecule has 25 heavy (non-hydrogen) atoms. The summed E-state index contributed by atoms with van der Waals surface area (Å²) in [6, 6.07) is 12.2. The van der Waals surface area contributed by atoms with E-state index in [1.807, 2.05) is 19.1 Å². The molecule has 1 amide bonds. The molecule has 3 rings (SSSR count). The van der Waals surface area contributed by atoms with Crippen molar-refractivity contribution in [2.75, 3.05) is 22.1 Å². The minimum atomic E-state index is -0.306. The van der Waals surface area contributed by atoms with Gasteiger partial charge in [0.05, 0.1) is 11.9 Å². The van der Waals surface area contributed by atoms with Crippen LogP contribution in [0.25, 0.3) is 0 Å². The number of anilines is 5. The van der Waals surface area contributed by atoms with Crippen LogP contribution in [0.5, 0.6) is 0 Å². The second kappa shape index (κ2) is 6.83. The van der Waals surface area contributed by atoms with Crippen LogP contribution in [-0.2, 0) is 0 Å². The van der Waals surface area contributed by atoms with Crippen LogP contribution in [0.2, 0.25) is 0 Å². The summed E-state index contributed by atoms with van der Waals surface area (Å²) in [5, 5.41) is 5.91. The molecule has 0 unspecified atom stereocenters. The molecular weight excluding hydrogens is 318 g/mol. The molecule has 0 aliphatic heterocycles. The number of pyridine rings is 1. The number of nitrogen functional groups attached to an aromatic ring is 2. The Morgan fingerprint density at radius 1 is 1.00 bits per heavy atom. The third-order valence-corrected chi connectivity index (χ3v) is 3.31. The highest BCUT2D eigenvalue weighted by molar-refractivity contribution is 6.03. The second-order valence-electron chi connectivity index (χ2n) is 5.39. The maximum atomic E-state index is 12.1. The first-order valence-corrected chi connectivity index (χ1v) is 7.51. The molecule has 0 saturated heterocycles. The van der Waals surface area contributed by atoms with Gasteiger partial charge < -0.3 is 22.1 Å². The maximum absolute atomic E-state index is 12.1. The zero-order valence-electron chi connectivity index (χ0n) is 13.5. The van der Waals surface area contributed by atoms with E-state index in [9.17, 15) is 4.79 Å². The van der Waals surface area contributed by atoms with Crippen LogP contribution in [0, 0.1) is 6.92 Å². The molecule has 1 aromatic carbocycles. The van der Waals surface area contributed by atoms with Gasteiger partial charge in [0, 0.05) is 23.1 Å². The Hall–Kier alpha value is -3.68. The van der Waals surface area contributed by atoms with Crippen LogP contribution in [0.1, 0.15) is 16.2 Å². The first-order chi connectivity index (χ1) is 12.0. The molecule has 0 radical (unpaired) electrons. The van der Waals surface area contributed by atoms with Gasteiger partial charge in [0.25, 0.3) is 5.91 Å². The van der Waals surface area contributed by atoms with Crippen molar-refractivity contribution in [1.82, 2.24) is 15.0 Å². The summed E-state index contributed by atoms with van der Waals surface area (Å²) in [6.07, 6.45) is 1.44. The summed E-state index contributed by atoms with van der Waals surface area (Å²) in [4.78, 5) is 24.2. The van der Waals surface area contributed by atoms with Gasteiger partial charge in [0.15, 0.2) is 0 Å². The molecule has 0 saturated carbocycles. The van der Waals surface area contributed by atoms with E-state index in [4.69, 9.17) is 11.5 Å². The van der Waals surface area contributed by atoms with Crippen molar-refractivity contribution in [3.8, 4) is 0 Å². The number of amides is 1. The zero-order chi connectivity index (χ0) is 17.8. The average molecular weight is 335 g/mol. The summed E-state index contributed by atoms with van der Waals surface area (Å²) in [5.41, 5.74) is 14.2. The molecule has 0 spiro atoms. The molecule has 126 valence electrons. The number of nitrogens with one attached hydrogen (secondary N) is 2. The number of carbonyl (C=O) groups is 1. The van der Waals surface area contributed by atoms with E-state index in [0.29, 0.717) is 22.9 Å². The van der Waals surface area contributed by atoms with Crippen molar-refractivity contribution < 1.29 is 4.79 Å². The monoisotopic (exact) mass is 335 g/mol. The molecule has 2 aromatic heterocycles. The Morgan fingerprint density at radius 2 is 1.72 bits per heavy atom. The molecule has 0 bridgehead atoms. The minimum Gasteiger partial charge on any atom is -0.397 e. The topological polar surface area (TPSA) is 132 Å². The number of aryl methyl sites for hydroxylation is 1. The summed E-state index contributed by atoms with van der Waals surface area (Å²) < 4.78 is 0. The van der Waals surface area contributed by atoms with Crippen LogP contribution >= 0.6 is 0 Å². The summed E-state index contributed by atoms with van der Waals surface area (Å²) in [7, 11) is 0. The van der Waals surface area contributed by atoms with E-state index in [1.54, 1.807) is 30.3 Å². The summed E-state index contributed by atoms with van der Waals surface area (Å²) in [6.45, 7) is 1.84. The number of hydrogen-bond acceptors (Lipinski definition) is 7. The largest absolute Gasteiger partial charge is 0.397 e. The lowest BCUT2D eigenvalue weighted by atomic mass is 10.2. The van der Waals surface area contributed by atoms with Crippen molar-refractivity contribution in [2.45, 2.75) is 6.92 Å². The molecule has 3 aromatic rings. The van der Waals surface area contributed by atoms with Gasteiger partial charge in [-0.2, -0.15) is 4.98 Å². The fraction of sp³-hybridized carbons (Fsp3) is 0.0588. The van der Waals surface area contributed by atoms with Crippen molar-refractivity contribution >= 4 is 34.7 Å². The number of benzene rings is 1. The van der Waals surface area contributed by atoms with E-state index in [-0.39, 0.29) is 11.9 Å². The van der Waals surface area contributed by atoms with Crippen molar-refractivity contribution in [3.63, 3.8) is 0 Å². The molecule has 8 heteroatoms. The SMILES string of the molecule is Cc1cc(Nc2ccc(NC(=O)c3ccc(N)cn3)cc2)nc(N)n1. The highest BCUT2D eigenvalue weighted by Crippen LogP contribution is 2.19. The standard InChI is InChI=1S/C17H17N7O/c1-10-8-15(24-17(19)21-10)22-12-3-5-13(6-4-12)23-16(25)14-7-2-11(18)9-20-14/h2-9H,18H2,1H3,(H,23,25)(H3,19,21,22,24). The van der Waals surface area contributed by atoms with Gasteiger partial charge in [0.1, 0.15) is 11.5 Å². The molecular formula is C17H17N7O. The van der Waals surface area contributed by atoms with Crippen LogP contribution in [0.4, 0.5) is 28.8 Å². The lowest BCUT2D eigenvalue weighted by molar-refractivity contribution is 0.102. The minimum absolute atomic E-state index is 0.211. The zero-order valence-corrected chi connectivity index (χ0v) is 13.5. The predicted molar refractivity (Wildman–Crippen MR) is 97.5 cm³/mol. The Morgan fingerprint density at radius 3 is 2.36 bits per heavy atom. The molecule has 6 N–H and O–H groups in total. The van der Waals surface area contributed by atoms with E-state index >= 15 is 0 Å². The van der Waals surface area contributed by atoms with Crippen LogP contribution < -0.4 is 22.1 Å². The average Bonchev–Trinajstić information content (AvgIpc) is 2.56. The lowest BCUT2D eigenvalue weighted by Gasteiger charge is -2.09. The molecule has 0 fully saturated rings. The number of hydrogen-bond donors (Lipinski definition) is 4. The van der Waals surface area contributed by atoms with Crippen LogP contribution in [0.15, 0.2) is 48.7 Å². The van der Waals surface area contributed by atoms with E-state index in [2.05, 4.69) is 25.6 Å². The van der Waals surface area contributed by atoms with Crippen molar-refractivity contribution in [1.29, 1.82) is 0 Å². The van der Waals surface area contributed by atoms with Gasteiger partial charge in [0.2, 0.25) is 5.95 Å². The first kappa shape index (κ1) is 16.2. The number of nitrogens with zero attached hydrogens (tertiary/aromatic N) is 3. The predicted octanol–water partition coefficient (Wildman–Crippen LogP) is 2.34. The molecule has 0 aliphatic carbocycles. The maximum Gasteiger partial charge on any atom is 0.274 e. The fourth-order valence-corrected chi connectivity index (χ4v) is 2.18. The van der Waals surface area contributed by atoms with Crippen molar-refractivity contribution in [3.05, 3.63) is 60.0 Å². The Labute approximate surface area is 144 Å². The Balaban J connectivity index is 1.67. The summed E-state index contributed by atoms with van der Waals surface area (Å²) in [5.74, 6) is 0.509. The van der Waals surface area contributed by atoms with Gasteiger partial charge in [-0.25, -0.2) is 9.97 Å². The highest BCUT2D eigenvalue weighted by Gasteiger charge is 2.07. The number of nitrogens with two attached hydrogens (primary N) is 2. The van der Waals surface area contributed by atoms with Gasteiger partial charge in [-0.15, -0.1) is 0 Å². The van der Waals surface area contributed by atoms with Gasteiger partial charge in [-0.05, 0) is 43.3 Å². The number of carbonyl (C=O) groups excluding carboxylic acids is 1. The first-order valence-electron chi connectivity index (χ1n) is 7.51. The van der Waals surface area contributed by atoms with Crippen LogP contribution in [0.3, 0.4) is 0 Å². The van der Waals surface area contributed by atoms with E-state index < -0.39 is 0 Å². The van der Waals surface area contributed by atoms with Gasteiger partial charge in [-0.3, -0.25) is 4.79 Å². The molecule has 0 atom stereocenters. The number of rotatable bonds is 4. The quantitative estimate of drug-likeness (QED) is 0.575. The fourth-order valence-electron chi connectivity index (χ4n) is 2.18. The van der Waals surface area contributed by atoms with E-state index in [1.165, 1.54) is 6.20 Å². The third kappa shape index (κ3) is 4.20. The molecule has 8 nitrogen and oxygen atoms in total. The Kier molecular flexibility index (Phi) is 4.42. The number of aromatic nitrogens is 3. The van der Waals surface area contributed by atoms with Crippen molar-refractivity contribution in [2.24, 2.45) is 0 Å².